The molecule has 2 N–H and O–H groups in total. The van der Waals surface area contributed by atoms with Gasteiger partial charge in [-0.3, -0.25) is 4.79 Å². The molecule has 1 unspecified atom stereocenters. The summed E-state index contributed by atoms with van der Waals surface area (Å²) >= 11 is 5.73. The van der Waals surface area contributed by atoms with E-state index in [4.69, 9.17) is 11.6 Å². The summed E-state index contributed by atoms with van der Waals surface area (Å²) in [5, 5.41) is 6.61. The fourth-order valence-corrected chi connectivity index (χ4v) is 2.03. The van der Waals surface area contributed by atoms with E-state index in [1.54, 1.807) is 12.1 Å². The number of amides is 1. The summed E-state index contributed by atoms with van der Waals surface area (Å²) in [5.41, 5.74) is 0. The Hall–Kier alpha value is -1.13. The van der Waals surface area contributed by atoms with Crippen molar-refractivity contribution in [3.05, 3.63) is 23.4 Å². The van der Waals surface area contributed by atoms with E-state index in [1.165, 1.54) is 12.6 Å². The maximum Gasteiger partial charge on any atom is 0.242 e. The van der Waals surface area contributed by atoms with E-state index in [1.807, 2.05) is 0 Å². The Morgan fingerprint density at radius 1 is 1.41 bits per heavy atom. The Morgan fingerprint density at radius 3 is 3.06 bits per heavy atom. The molecule has 1 aliphatic heterocycles. The number of pyridine rings is 1. The highest BCUT2D eigenvalue weighted by atomic mass is 35.5. The van der Waals surface area contributed by atoms with Gasteiger partial charge in [-0.25, -0.2) is 4.98 Å². The molecule has 0 aromatic carbocycles. The number of nitrogens with one attached hydrogen (secondary N) is 2. The topological polar surface area (TPSA) is 54.0 Å². The molecule has 17 heavy (non-hydrogen) atoms. The molecule has 0 spiro atoms. The predicted octanol–water partition coefficient (Wildman–Crippen LogP) is 2.21. The largest absolute Gasteiger partial charge is 0.309 e. The third kappa shape index (κ3) is 3.68. The van der Waals surface area contributed by atoms with Crippen LogP contribution in [-0.4, -0.2) is 23.5 Å². The Bertz CT molecular complexity index is 372. The van der Waals surface area contributed by atoms with E-state index in [2.05, 4.69) is 15.6 Å². The average molecular weight is 254 g/mol. The summed E-state index contributed by atoms with van der Waals surface area (Å²) in [6.45, 7) is 0.909. The Morgan fingerprint density at radius 2 is 2.29 bits per heavy atom. The lowest BCUT2D eigenvalue weighted by Gasteiger charge is -2.14. The van der Waals surface area contributed by atoms with Crippen molar-refractivity contribution in [1.29, 1.82) is 0 Å². The molecule has 0 radical (unpaired) electrons. The van der Waals surface area contributed by atoms with E-state index in [0.29, 0.717) is 10.8 Å². The molecule has 1 amide bonds. The van der Waals surface area contributed by atoms with Gasteiger partial charge >= 0.3 is 0 Å². The monoisotopic (exact) mass is 253 g/mol. The van der Waals surface area contributed by atoms with Crippen molar-refractivity contribution in [3.63, 3.8) is 0 Å². The molecule has 5 heteroatoms. The minimum Gasteiger partial charge on any atom is -0.309 e. The van der Waals surface area contributed by atoms with E-state index >= 15 is 0 Å². The van der Waals surface area contributed by atoms with Crippen molar-refractivity contribution in [3.8, 4) is 0 Å². The number of anilines is 1. The van der Waals surface area contributed by atoms with Crippen molar-refractivity contribution in [2.75, 3.05) is 11.9 Å². The van der Waals surface area contributed by atoms with Gasteiger partial charge < -0.3 is 10.6 Å². The minimum absolute atomic E-state index is 0.0123. The standard InChI is InChI=1S/C12H16ClN3O/c13-9-5-6-11(15-8-9)16-12(17)10-4-2-1-3-7-14-10/h5-6,8,10,14H,1-4,7H2,(H,15,16,17). The van der Waals surface area contributed by atoms with Gasteiger partial charge in [0.05, 0.1) is 11.1 Å². The van der Waals surface area contributed by atoms with Crippen LogP contribution < -0.4 is 10.6 Å². The number of nitrogens with zero attached hydrogens (tertiary/aromatic N) is 1. The smallest absolute Gasteiger partial charge is 0.242 e. The van der Waals surface area contributed by atoms with Crippen LogP contribution in [0.1, 0.15) is 25.7 Å². The highest BCUT2D eigenvalue weighted by Gasteiger charge is 2.19. The number of rotatable bonds is 2. The highest BCUT2D eigenvalue weighted by molar-refractivity contribution is 6.30. The van der Waals surface area contributed by atoms with Gasteiger partial charge in [0.2, 0.25) is 5.91 Å². The molecule has 1 saturated heterocycles. The average Bonchev–Trinajstić information content (AvgIpc) is 2.61. The van der Waals surface area contributed by atoms with Gasteiger partial charge in [0.1, 0.15) is 5.82 Å². The van der Waals surface area contributed by atoms with Gasteiger partial charge in [-0.1, -0.05) is 24.4 Å². The molecule has 1 aromatic rings. The molecule has 0 saturated carbocycles. The first kappa shape index (κ1) is 12.3. The first-order chi connectivity index (χ1) is 8.25. The second kappa shape index (κ2) is 5.98. The SMILES string of the molecule is O=C(Nc1ccc(Cl)cn1)C1CCCCCN1. The lowest BCUT2D eigenvalue weighted by Crippen LogP contribution is -2.40. The van der Waals surface area contributed by atoms with E-state index in [-0.39, 0.29) is 11.9 Å². The Balaban J connectivity index is 1.93. The molecule has 2 rings (SSSR count). The zero-order chi connectivity index (χ0) is 12.1. The summed E-state index contributed by atoms with van der Waals surface area (Å²) in [6, 6.07) is 3.32. The van der Waals surface area contributed by atoms with Crippen LogP contribution in [-0.2, 0) is 4.79 Å². The van der Waals surface area contributed by atoms with Gasteiger partial charge in [-0.05, 0) is 31.5 Å². The maximum atomic E-state index is 12.0. The first-order valence-electron chi connectivity index (χ1n) is 5.91. The van der Waals surface area contributed by atoms with Crippen LogP contribution in [0.2, 0.25) is 5.02 Å². The number of halogens is 1. The van der Waals surface area contributed by atoms with E-state index in [0.717, 1.165) is 25.8 Å². The molecule has 1 fully saturated rings. The van der Waals surface area contributed by atoms with Gasteiger partial charge in [-0.2, -0.15) is 0 Å². The van der Waals surface area contributed by atoms with Crippen LogP contribution in [0, 0.1) is 0 Å². The van der Waals surface area contributed by atoms with Gasteiger partial charge in [0.25, 0.3) is 0 Å². The van der Waals surface area contributed by atoms with Crippen molar-refractivity contribution >= 4 is 23.3 Å². The normalized spacial score (nSPS) is 20.6. The van der Waals surface area contributed by atoms with Crippen LogP contribution in [0.5, 0.6) is 0 Å². The molecule has 2 heterocycles. The van der Waals surface area contributed by atoms with E-state index in [9.17, 15) is 4.79 Å². The van der Waals surface area contributed by atoms with Crippen LogP contribution in [0.15, 0.2) is 18.3 Å². The second-order valence-corrected chi connectivity index (χ2v) is 4.64. The lowest BCUT2D eigenvalue weighted by atomic mass is 10.1. The van der Waals surface area contributed by atoms with Crippen LogP contribution in [0.3, 0.4) is 0 Å². The fourth-order valence-electron chi connectivity index (χ4n) is 1.92. The number of aromatic nitrogens is 1. The van der Waals surface area contributed by atoms with E-state index < -0.39 is 0 Å². The molecule has 1 atom stereocenters. The molecule has 92 valence electrons. The summed E-state index contributed by atoms with van der Waals surface area (Å²) in [7, 11) is 0. The number of carbonyl (C=O) groups is 1. The number of hydrogen-bond acceptors (Lipinski definition) is 3. The van der Waals surface area contributed by atoms with Crippen LogP contribution in [0.25, 0.3) is 0 Å². The van der Waals surface area contributed by atoms with Crippen LogP contribution in [0.4, 0.5) is 5.82 Å². The van der Waals surface area contributed by atoms with Crippen molar-refractivity contribution in [1.82, 2.24) is 10.3 Å². The molecule has 1 aromatic heterocycles. The molecule has 4 nitrogen and oxygen atoms in total. The van der Waals surface area contributed by atoms with Crippen molar-refractivity contribution in [2.24, 2.45) is 0 Å². The molecular formula is C12H16ClN3O. The summed E-state index contributed by atoms with van der Waals surface area (Å²) in [6.07, 6.45) is 5.84. The Kier molecular flexibility index (Phi) is 4.34. The zero-order valence-electron chi connectivity index (χ0n) is 9.58. The van der Waals surface area contributed by atoms with Gasteiger partial charge in [-0.15, -0.1) is 0 Å². The summed E-state index contributed by atoms with van der Waals surface area (Å²) in [4.78, 5) is 16.0. The highest BCUT2D eigenvalue weighted by Crippen LogP contribution is 2.12. The molecule has 0 aliphatic carbocycles. The third-order valence-corrected chi connectivity index (χ3v) is 3.08. The molecule has 1 aliphatic rings. The maximum absolute atomic E-state index is 12.0. The van der Waals surface area contributed by atoms with Crippen LogP contribution >= 0.6 is 11.6 Å². The zero-order valence-corrected chi connectivity index (χ0v) is 10.3. The van der Waals surface area contributed by atoms with Gasteiger partial charge in [0.15, 0.2) is 0 Å². The second-order valence-electron chi connectivity index (χ2n) is 4.21. The lowest BCUT2D eigenvalue weighted by molar-refractivity contribution is -0.118. The summed E-state index contributed by atoms with van der Waals surface area (Å²) in [5.74, 6) is 0.534. The third-order valence-electron chi connectivity index (χ3n) is 2.86. The van der Waals surface area contributed by atoms with Crippen molar-refractivity contribution in [2.45, 2.75) is 31.7 Å². The molecule has 0 bridgehead atoms. The summed E-state index contributed by atoms with van der Waals surface area (Å²) < 4.78 is 0. The Labute approximate surface area is 106 Å². The first-order valence-corrected chi connectivity index (χ1v) is 6.29. The number of hydrogen-bond donors (Lipinski definition) is 2. The predicted molar refractivity (Wildman–Crippen MR) is 68.1 cm³/mol. The van der Waals surface area contributed by atoms with Gasteiger partial charge in [0, 0.05) is 6.20 Å². The minimum atomic E-state index is -0.102. The quantitative estimate of drug-likeness (QED) is 0.850. The molecular weight excluding hydrogens is 238 g/mol. The van der Waals surface area contributed by atoms with Crippen molar-refractivity contribution < 1.29 is 4.79 Å². The number of carbonyl (C=O) groups excluding carboxylic acids is 1. The fraction of sp³-hybridized carbons (Fsp3) is 0.500.